The Morgan fingerprint density at radius 2 is 2.06 bits per heavy atom. The third kappa shape index (κ3) is 4.17. The summed E-state index contributed by atoms with van der Waals surface area (Å²) >= 11 is 0. The van der Waals surface area contributed by atoms with Gasteiger partial charge in [0.25, 0.3) is 11.7 Å². The van der Waals surface area contributed by atoms with Crippen LogP contribution in [0.15, 0.2) is 0 Å². The summed E-state index contributed by atoms with van der Waals surface area (Å²) in [5.41, 5.74) is 0. The number of tetrazole rings is 1. The molecule has 0 spiro atoms. The van der Waals surface area contributed by atoms with Crippen LogP contribution in [-0.4, -0.2) is 45.0 Å². The minimum absolute atomic E-state index is 0.0893. The van der Waals surface area contributed by atoms with Crippen molar-refractivity contribution in [1.29, 1.82) is 0 Å². The van der Waals surface area contributed by atoms with E-state index in [0.717, 1.165) is 0 Å². The second-order valence-corrected chi connectivity index (χ2v) is 4.07. The Bertz CT molecular complexity index is 375. The topological polar surface area (TPSA) is 113 Å². The van der Waals surface area contributed by atoms with Crippen molar-refractivity contribution < 1.29 is 9.59 Å². The highest BCUT2D eigenvalue weighted by molar-refractivity contribution is 5.94. The molecule has 8 heteroatoms. The Hall–Kier alpha value is -1.99. The molecular weight excluding hydrogens is 224 g/mol. The van der Waals surface area contributed by atoms with E-state index in [9.17, 15) is 9.59 Å². The Morgan fingerprint density at radius 1 is 1.35 bits per heavy atom. The van der Waals surface area contributed by atoms with Crippen molar-refractivity contribution in [3.8, 4) is 0 Å². The van der Waals surface area contributed by atoms with Crippen LogP contribution in [-0.2, 0) is 4.79 Å². The van der Waals surface area contributed by atoms with Crippen LogP contribution in [0.2, 0.25) is 0 Å². The van der Waals surface area contributed by atoms with Gasteiger partial charge in [-0.15, -0.1) is 10.2 Å². The predicted octanol–water partition coefficient (Wildman–Crippen LogP) is -0.910. The summed E-state index contributed by atoms with van der Waals surface area (Å²) in [5.74, 6) is -0.505. The van der Waals surface area contributed by atoms with Crippen LogP contribution in [0, 0.1) is 5.92 Å². The maximum atomic E-state index is 11.6. The maximum absolute atomic E-state index is 11.6. The van der Waals surface area contributed by atoms with E-state index in [-0.39, 0.29) is 11.7 Å². The zero-order chi connectivity index (χ0) is 12.8. The number of hydrogen-bond acceptors (Lipinski definition) is 5. The quantitative estimate of drug-likeness (QED) is 0.616. The molecule has 0 saturated heterocycles. The molecule has 0 aliphatic rings. The summed E-state index contributed by atoms with van der Waals surface area (Å²) in [7, 11) is 0. The summed E-state index contributed by atoms with van der Waals surface area (Å²) < 4.78 is 0. The molecule has 3 N–H and O–H groups in total. The summed E-state index contributed by atoms with van der Waals surface area (Å²) in [6.45, 7) is 6.14. The van der Waals surface area contributed by atoms with Gasteiger partial charge in [-0.05, 0) is 18.1 Å². The molecule has 0 saturated carbocycles. The van der Waals surface area contributed by atoms with Gasteiger partial charge in [0.1, 0.15) is 6.04 Å². The first-order valence-corrected chi connectivity index (χ1v) is 5.32. The van der Waals surface area contributed by atoms with E-state index in [1.54, 1.807) is 6.92 Å². The van der Waals surface area contributed by atoms with Gasteiger partial charge in [-0.25, -0.2) is 0 Å². The number of hydrogen-bond donors (Lipinski definition) is 3. The first-order valence-electron chi connectivity index (χ1n) is 5.32. The molecule has 0 aliphatic carbocycles. The van der Waals surface area contributed by atoms with Crippen molar-refractivity contribution in [2.45, 2.75) is 26.8 Å². The number of rotatable bonds is 5. The zero-order valence-electron chi connectivity index (χ0n) is 10.0. The molecular formula is C9H16N6O2. The maximum Gasteiger partial charge on any atom is 0.293 e. The number of nitrogens with zero attached hydrogens (tertiary/aromatic N) is 3. The fourth-order valence-electron chi connectivity index (χ4n) is 1.04. The van der Waals surface area contributed by atoms with Crippen molar-refractivity contribution in [2.75, 3.05) is 6.54 Å². The average molecular weight is 240 g/mol. The molecule has 0 fully saturated rings. The van der Waals surface area contributed by atoms with Crippen LogP contribution < -0.4 is 10.6 Å². The fraction of sp³-hybridized carbons (Fsp3) is 0.667. The molecule has 1 unspecified atom stereocenters. The molecule has 0 aromatic carbocycles. The normalized spacial score (nSPS) is 12.2. The Balaban J connectivity index is 2.41. The molecule has 8 nitrogen and oxygen atoms in total. The van der Waals surface area contributed by atoms with E-state index < -0.39 is 11.9 Å². The van der Waals surface area contributed by atoms with Gasteiger partial charge in [0.15, 0.2) is 0 Å². The summed E-state index contributed by atoms with van der Waals surface area (Å²) in [5, 5.41) is 17.6. The highest BCUT2D eigenvalue weighted by Crippen LogP contribution is 1.91. The molecule has 1 aromatic rings. The number of amides is 2. The van der Waals surface area contributed by atoms with Gasteiger partial charge >= 0.3 is 0 Å². The molecule has 0 aliphatic heterocycles. The van der Waals surface area contributed by atoms with Gasteiger partial charge in [-0.3, -0.25) is 9.59 Å². The first-order chi connectivity index (χ1) is 8.00. The molecule has 94 valence electrons. The summed E-state index contributed by atoms with van der Waals surface area (Å²) in [6, 6.07) is -0.639. The van der Waals surface area contributed by atoms with Crippen LogP contribution in [0.4, 0.5) is 0 Å². The van der Waals surface area contributed by atoms with Gasteiger partial charge in [-0.1, -0.05) is 13.8 Å². The third-order valence-corrected chi connectivity index (χ3v) is 1.97. The van der Waals surface area contributed by atoms with E-state index in [4.69, 9.17) is 0 Å². The van der Waals surface area contributed by atoms with E-state index in [1.165, 1.54) is 0 Å². The van der Waals surface area contributed by atoms with Gasteiger partial charge < -0.3 is 10.6 Å². The molecule has 1 heterocycles. The van der Waals surface area contributed by atoms with E-state index in [0.29, 0.717) is 12.5 Å². The lowest BCUT2D eigenvalue weighted by molar-refractivity contribution is -0.122. The molecule has 1 atom stereocenters. The predicted molar refractivity (Wildman–Crippen MR) is 59.0 cm³/mol. The average Bonchev–Trinajstić information content (AvgIpc) is 2.78. The molecule has 1 rings (SSSR count). The minimum atomic E-state index is -0.639. The molecule has 1 aromatic heterocycles. The monoisotopic (exact) mass is 240 g/mol. The number of H-pyrrole nitrogens is 1. The van der Waals surface area contributed by atoms with Crippen molar-refractivity contribution >= 4 is 11.8 Å². The van der Waals surface area contributed by atoms with Crippen molar-refractivity contribution in [2.24, 2.45) is 5.92 Å². The van der Waals surface area contributed by atoms with Gasteiger partial charge in [-0.2, -0.15) is 5.21 Å². The second-order valence-electron chi connectivity index (χ2n) is 4.07. The van der Waals surface area contributed by atoms with Crippen LogP contribution in [0.1, 0.15) is 31.4 Å². The molecule has 0 bridgehead atoms. The standard InChI is InChI=1S/C9H16N6O2/c1-5(2)4-10-8(16)6(3)11-9(17)7-12-14-15-13-7/h5-6H,4H2,1-3H3,(H,10,16)(H,11,17)(H,12,13,14,15). The largest absolute Gasteiger partial charge is 0.354 e. The third-order valence-electron chi connectivity index (χ3n) is 1.97. The number of carbonyl (C=O) groups is 2. The van der Waals surface area contributed by atoms with Gasteiger partial charge in [0, 0.05) is 6.54 Å². The van der Waals surface area contributed by atoms with Crippen LogP contribution in [0.3, 0.4) is 0 Å². The van der Waals surface area contributed by atoms with Crippen LogP contribution in [0.5, 0.6) is 0 Å². The number of carbonyl (C=O) groups excluding carboxylic acids is 2. The Kier molecular flexibility index (Phi) is 4.56. The van der Waals surface area contributed by atoms with E-state index in [1.807, 2.05) is 13.8 Å². The first kappa shape index (κ1) is 13.1. The van der Waals surface area contributed by atoms with Crippen molar-refractivity contribution in [3.63, 3.8) is 0 Å². The van der Waals surface area contributed by atoms with Gasteiger partial charge in [0.05, 0.1) is 0 Å². The van der Waals surface area contributed by atoms with Gasteiger partial charge in [0.2, 0.25) is 5.91 Å². The van der Waals surface area contributed by atoms with Crippen molar-refractivity contribution in [1.82, 2.24) is 31.3 Å². The number of aromatic nitrogens is 4. The second kappa shape index (κ2) is 5.92. The SMILES string of the molecule is CC(C)CNC(=O)C(C)NC(=O)c1nn[nH]n1. The highest BCUT2D eigenvalue weighted by Gasteiger charge is 2.18. The lowest BCUT2D eigenvalue weighted by Gasteiger charge is -2.13. The molecule has 0 radical (unpaired) electrons. The van der Waals surface area contributed by atoms with Crippen molar-refractivity contribution in [3.05, 3.63) is 5.82 Å². The number of aromatic amines is 1. The Labute approximate surface area is 98.5 Å². The summed E-state index contributed by atoms with van der Waals surface area (Å²) in [6.07, 6.45) is 0. The minimum Gasteiger partial charge on any atom is -0.354 e. The fourth-order valence-corrected chi connectivity index (χ4v) is 1.04. The molecule has 2 amide bonds. The van der Waals surface area contributed by atoms with E-state index >= 15 is 0 Å². The lowest BCUT2D eigenvalue weighted by atomic mass is 10.2. The number of nitrogens with one attached hydrogen (secondary N) is 3. The summed E-state index contributed by atoms with van der Waals surface area (Å²) in [4.78, 5) is 23.0. The van der Waals surface area contributed by atoms with E-state index in [2.05, 4.69) is 31.3 Å². The van der Waals surface area contributed by atoms with Crippen LogP contribution in [0.25, 0.3) is 0 Å². The highest BCUT2D eigenvalue weighted by atomic mass is 16.2. The lowest BCUT2D eigenvalue weighted by Crippen LogP contribution is -2.45. The van der Waals surface area contributed by atoms with Crippen LogP contribution >= 0.6 is 0 Å². The Morgan fingerprint density at radius 3 is 2.59 bits per heavy atom. The zero-order valence-corrected chi connectivity index (χ0v) is 10.0. The molecule has 17 heavy (non-hydrogen) atoms. The smallest absolute Gasteiger partial charge is 0.293 e.